The third kappa shape index (κ3) is 5.64. The van der Waals surface area contributed by atoms with E-state index in [-0.39, 0.29) is 11.7 Å². The largest absolute Gasteiger partial charge is 0.383 e. The Bertz CT molecular complexity index is 883. The second kappa shape index (κ2) is 9.48. The van der Waals surface area contributed by atoms with E-state index in [1.54, 1.807) is 30.5 Å². The number of amides is 1. The number of halogens is 1. The smallest absolute Gasteiger partial charge is 0.252 e. The van der Waals surface area contributed by atoms with Gasteiger partial charge >= 0.3 is 0 Å². The average Bonchev–Trinajstić information content (AvgIpc) is 2.70. The Morgan fingerprint density at radius 3 is 2.52 bits per heavy atom. The molecule has 138 valence electrons. The van der Waals surface area contributed by atoms with Crippen molar-refractivity contribution in [2.45, 2.75) is 12.8 Å². The lowest BCUT2D eigenvalue weighted by Crippen LogP contribution is -2.26. The monoisotopic (exact) mass is 363 g/mol. The van der Waals surface area contributed by atoms with Crippen molar-refractivity contribution in [3.8, 4) is 0 Å². The van der Waals surface area contributed by atoms with Crippen LogP contribution in [-0.2, 0) is 12.8 Å². The zero-order chi connectivity index (χ0) is 18.9. The Kier molecular flexibility index (Phi) is 6.52. The molecule has 0 aliphatic rings. The number of carbonyl (C=O) groups is 1. The predicted molar refractivity (Wildman–Crippen MR) is 105 cm³/mol. The maximum Gasteiger partial charge on any atom is 0.252 e. The lowest BCUT2D eigenvalue weighted by Gasteiger charge is -2.09. The van der Waals surface area contributed by atoms with Gasteiger partial charge in [-0.25, -0.2) is 4.39 Å². The molecule has 0 atom stereocenters. The molecule has 0 spiro atoms. The van der Waals surface area contributed by atoms with Gasteiger partial charge in [0.1, 0.15) is 5.82 Å². The standard InChI is InChI=1S/C22H22FN3O/c23-21-9-5-4-8-18(21)11-13-26-22(27)19-14-20(16-24-15-19)25-12-10-17-6-2-1-3-7-17/h1-9,14-16,25H,10-13H2,(H,26,27). The summed E-state index contributed by atoms with van der Waals surface area (Å²) in [4.78, 5) is 16.4. The number of benzene rings is 2. The minimum Gasteiger partial charge on any atom is -0.383 e. The van der Waals surface area contributed by atoms with E-state index < -0.39 is 0 Å². The van der Waals surface area contributed by atoms with E-state index in [0.29, 0.717) is 24.1 Å². The lowest BCUT2D eigenvalue weighted by atomic mass is 10.1. The molecule has 0 saturated carbocycles. The first-order valence-electron chi connectivity index (χ1n) is 8.97. The van der Waals surface area contributed by atoms with Crippen molar-refractivity contribution in [3.63, 3.8) is 0 Å². The van der Waals surface area contributed by atoms with Gasteiger partial charge in [0.25, 0.3) is 5.91 Å². The Morgan fingerprint density at radius 1 is 0.926 bits per heavy atom. The van der Waals surface area contributed by atoms with Gasteiger partial charge in [-0.05, 0) is 36.1 Å². The van der Waals surface area contributed by atoms with Crippen molar-refractivity contribution in [2.75, 3.05) is 18.4 Å². The zero-order valence-corrected chi connectivity index (χ0v) is 15.0. The van der Waals surface area contributed by atoms with Gasteiger partial charge in [-0.15, -0.1) is 0 Å². The Hall–Kier alpha value is -3.21. The molecule has 0 unspecified atom stereocenters. The maximum atomic E-state index is 13.6. The number of aromatic nitrogens is 1. The molecule has 0 bridgehead atoms. The zero-order valence-electron chi connectivity index (χ0n) is 15.0. The molecule has 1 aromatic heterocycles. The number of hydrogen-bond donors (Lipinski definition) is 2. The molecule has 0 radical (unpaired) electrons. The fourth-order valence-electron chi connectivity index (χ4n) is 2.77. The Labute approximate surface area is 158 Å². The van der Waals surface area contributed by atoms with Crippen LogP contribution in [0, 0.1) is 5.82 Å². The molecule has 0 aliphatic heterocycles. The third-order valence-corrected chi connectivity index (χ3v) is 4.22. The molecule has 3 rings (SSSR count). The molecule has 3 aromatic rings. The highest BCUT2D eigenvalue weighted by Crippen LogP contribution is 2.10. The summed E-state index contributed by atoms with van der Waals surface area (Å²) < 4.78 is 13.6. The van der Waals surface area contributed by atoms with Crippen LogP contribution in [0.25, 0.3) is 0 Å². The summed E-state index contributed by atoms with van der Waals surface area (Å²) in [5.74, 6) is -0.469. The normalized spacial score (nSPS) is 10.4. The maximum absolute atomic E-state index is 13.6. The molecule has 2 N–H and O–H groups in total. The van der Waals surface area contributed by atoms with Gasteiger partial charge in [0.05, 0.1) is 11.3 Å². The first-order valence-corrected chi connectivity index (χ1v) is 8.97. The molecule has 0 fully saturated rings. The topological polar surface area (TPSA) is 54.0 Å². The summed E-state index contributed by atoms with van der Waals surface area (Å²) in [6.45, 7) is 1.12. The predicted octanol–water partition coefficient (Wildman–Crippen LogP) is 3.85. The first-order chi connectivity index (χ1) is 13.2. The van der Waals surface area contributed by atoms with Crippen molar-refractivity contribution >= 4 is 11.6 Å². The van der Waals surface area contributed by atoms with Crippen LogP contribution in [0.1, 0.15) is 21.5 Å². The first kappa shape index (κ1) is 18.6. The van der Waals surface area contributed by atoms with E-state index in [0.717, 1.165) is 18.7 Å². The molecular weight excluding hydrogens is 341 g/mol. The van der Waals surface area contributed by atoms with Crippen LogP contribution >= 0.6 is 0 Å². The Morgan fingerprint density at radius 2 is 1.70 bits per heavy atom. The summed E-state index contributed by atoms with van der Waals surface area (Å²) in [5.41, 5.74) is 3.12. The van der Waals surface area contributed by atoms with E-state index in [1.807, 2.05) is 18.2 Å². The number of nitrogens with one attached hydrogen (secondary N) is 2. The van der Waals surface area contributed by atoms with Crippen LogP contribution in [-0.4, -0.2) is 24.0 Å². The van der Waals surface area contributed by atoms with Crippen LogP contribution in [0.2, 0.25) is 0 Å². The van der Waals surface area contributed by atoms with E-state index in [2.05, 4.69) is 27.8 Å². The number of rotatable bonds is 8. The molecule has 1 heterocycles. The molecule has 0 saturated heterocycles. The molecule has 0 aliphatic carbocycles. The number of carbonyl (C=O) groups excluding carboxylic acids is 1. The van der Waals surface area contributed by atoms with Crippen molar-refractivity contribution in [1.29, 1.82) is 0 Å². The lowest BCUT2D eigenvalue weighted by molar-refractivity contribution is 0.0953. The summed E-state index contributed by atoms with van der Waals surface area (Å²) in [7, 11) is 0. The van der Waals surface area contributed by atoms with Crippen LogP contribution in [0.5, 0.6) is 0 Å². The fourth-order valence-corrected chi connectivity index (χ4v) is 2.77. The number of nitrogens with zero attached hydrogens (tertiary/aromatic N) is 1. The number of pyridine rings is 1. The van der Waals surface area contributed by atoms with Crippen LogP contribution in [0.4, 0.5) is 10.1 Å². The van der Waals surface area contributed by atoms with Crippen molar-refractivity contribution < 1.29 is 9.18 Å². The van der Waals surface area contributed by atoms with E-state index in [1.165, 1.54) is 17.8 Å². The van der Waals surface area contributed by atoms with Crippen LogP contribution in [0.3, 0.4) is 0 Å². The van der Waals surface area contributed by atoms with Crippen molar-refractivity contribution in [2.24, 2.45) is 0 Å². The van der Waals surface area contributed by atoms with Gasteiger partial charge in [-0.2, -0.15) is 0 Å². The molecule has 4 nitrogen and oxygen atoms in total. The van der Waals surface area contributed by atoms with Crippen molar-refractivity contribution in [3.05, 3.63) is 95.6 Å². The third-order valence-electron chi connectivity index (χ3n) is 4.22. The van der Waals surface area contributed by atoms with Gasteiger partial charge < -0.3 is 10.6 Å². The molecule has 5 heteroatoms. The SMILES string of the molecule is O=C(NCCc1ccccc1F)c1cncc(NCCc2ccccc2)c1. The van der Waals surface area contributed by atoms with E-state index in [9.17, 15) is 9.18 Å². The second-order valence-electron chi connectivity index (χ2n) is 6.22. The van der Waals surface area contributed by atoms with Gasteiger partial charge in [0.2, 0.25) is 0 Å². The molecule has 2 aromatic carbocycles. The fraction of sp³-hybridized carbons (Fsp3) is 0.182. The highest BCUT2D eigenvalue weighted by atomic mass is 19.1. The molecule has 1 amide bonds. The van der Waals surface area contributed by atoms with Crippen LogP contribution in [0.15, 0.2) is 73.1 Å². The second-order valence-corrected chi connectivity index (χ2v) is 6.22. The highest BCUT2D eigenvalue weighted by molar-refractivity contribution is 5.94. The number of anilines is 1. The average molecular weight is 363 g/mol. The summed E-state index contributed by atoms with van der Waals surface area (Å²) >= 11 is 0. The molecular formula is C22H22FN3O. The minimum atomic E-state index is -0.252. The highest BCUT2D eigenvalue weighted by Gasteiger charge is 2.07. The van der Waals surface area contributed by atoms with E-state index >= 15 is 0 Å². The number of hydrogen-bond acceptors (Lipinski definition) is 3. The minimum absolute atomic E-state index is 0.217. The quantitative estimate of drug-likeness (QED) is 0.639. The van der Waals surface area contributed by atoms with Gasteiger partial charge in [-0.3, -0.25) is 9.78 Å². The summed E-state index contributed by atoms with van der Waals surface area (Å²) in [6, 6.07) is 18.6. The van der Waals surface area contributed by atoms with E-state index in [4.69, 9.17) is 0 Å². The molecule has 27 heavy (non-hydrogen) atoms. The summed E-state index contributed by atoms with van der Waals surface area (Å²) in [6.07, 6.45) is 4.56. The Balaban J connectivity index is 1.48. The summed E-state index contributed by atoms with van der Waals surface area (Å²) in [5, 5.41) is 6.10. The van der Waals surface area contributed by atoms with Gasteiger partial charge in [0.15, 0.2) is 0 Å². The van der Waals surface area contributed by atoms with Gasteiger partial charge in [0, 0.05) is 25.5 Å². The van der Waals surface area contributed by atoms with Gasteiger partial charge in [-0.1, -0.05) is 48.5 Å². The van der Waals surface area contributed by atoms with Crippen LogP contribution < -0.4 is 10.6 Å². The van der Waals surface area contributed by atoms with Crippen molar-refractivity contribution in [1.82, 2.24) is 10.3 Å².